The molecule has 2 aromatic rings. The van der Waals surface area contributed by atoms with Gasteiger partial charge >= 0.3 is 12.4 Å². The second-order valence-electron chi connectivity index (χ2n) is 4.65. The van der Waals surface area contributed by atoms with E-state index < -0.39 is 35.1 Å². The summed E-state index contributed by atoms with van der Waals surface area (Å²) in [5.41, 5.74) is -2.88. The molecule has 1 heterocycles. The first-order valence-corrected chi connectivity index (χ1v) is 7.10. The van der Waals surface area contributed by atoms with Crippen LogP contribution in [-0.2, 0) is 23.6 Å². The molecule has 0 aliphatic carbocycles. The molecule has 124 valence electrons. The molecule has 2 rings (SSSR count). The van der Waals surface area contributed by atoms with Crippen molar-refractivity contribution in [2.45, 2.75) is 18.8 Å². The van der Waals surface area contributed by atoms with Gasteiger partial charge in [-0.05, 0) is 40.6 Å². The van der Waals surface area contributed by atoms with Gasteiger partial charge in [-0.25, -0.2) is 0 Å². The van der Waals surface area contributed by atoms with Gasteiger partial charge in [0.2, 0.25) is 5.91 Å². The van der Waals surface area contributed by atoms with Gasteiger partial charge < -0.3 is 5.32 Å². The van der Waals surface area contributed by atoms with E-state index in [1.165, 1.54) is 11.3 Å². The molecular weight excluding hydrogens is 344 g/mol. The molecule has 0 unspecified atom stereocenters. The maximum absolute atomic E-state index is 12.7. The maximum atomic E-state index is 12.7. The molecule has 1 N–H and O–H groups in total. The Balaban J connectivity index is 2.28. The molecule has 0 aliphatic heterocycles. The molecule has 0 bridgehead atoms. The lowest BCUT2D eigenvalue weighted by atomic mass is 10.1. The Hall–Kier alpha value is -2.03. The van der Waals surface area contributed by atoms with E-state index in [9.17, 15) is 31.1 Å². The van der Waals surface area contributed by atoms with Gasteiger partial charge in [0.05, 0.1) is 17.5 Å². The minimum atomic E-state index is -4.95. The Morgan fingerprint density at radius 3 is 2.00 bits per heavy atom. The van der Waals surface area contributed by atoms with Crippen LogP contribution in [0.2, 0.25) is 0 Å². The summed E-state index contributed by atoms with van der Waals surface area (Å²) < 4.78 is 76.2. The maximum Gasteiger partial charge on any atom is 0.416 e. The van der Waals surface area contributed by atoms with Crippen LogP contribution in [0.15, 0.2) is 35.0 Å². The van der Waals surface area contributed by atoms with Crippen molar-refractivity contribution in [3.8, 4) is 0 Å². The van der Waals surface area contributed by atoms with E-state index in [1.807, 2.05) is 0 Å². The first kappa shape index (κ1) is 17.3. The van der Waals surface area contributed by atoms with Crippen LogP contribution in [0.4, 0.5) is 32.0 Å². The molecule has 0 saturated heterocycles. The summed E-state index contributed by atoms with van der Waals surface area (Å²) in [4.78, 5) is 11.7. The predicted octanol–water partition coefficient (Wildman–Crippen LogP) is 4.97. The lowest BCUT2D eigenvalue weighted by Crippen LogP contribution is -2.17. The van der Waals surface area contributed by atoms with Crippen LogP contribution in [0, 0.1) is 0 Å². The third-order valence-corrected chi connectivity index (χ3v) is 3.55. The normalized spacial score (nSPS) is 12.3. The van der Waals surface area contributed by atoms with Crippen molar-refractivity contribution in [3.63, 3.8) is 0 Å². The van der Waals surface area contributed by atoms with Crippen molar-refractivity contribution in [1.29, 1.82) is 0 Å². The van der Waals surface area contributed by atoms with Gasteiger partial charge in [0.1, 0.15) is 0 Å². The number of carbonyl (C=O) groups excluding carboxylic acids is 1. The molecular formula is C14H9F6NOS. The molecule has 23 heavy (non-hydrogen) atoms. The van der Waals surface area contributed by atoms with Crippen molar-refractivity contribution in [3.05, 3.63) is 51.7 Å². The number of nitrogens with one attached hydrogen (secondary N) is 1. The predicted molar refractivity (Wildman–Crippen MR) is 73.1 cm³/mol. The quantitative estimate of drug-likeness (QED) is 0.776. The van der Waals surface area contributed by atoms with E-state index in [1.54, 1.807) is 16.8 Å². The number of benzene rings is 1. The average Bonchev–Trinajstić information content (AvgIpc) is 2.88. The van der Waals surface area contributed by atoms with Crippen LogP contribution in [0.5, 0.6) is 0 Å². The Bertz CT molecular complexity index is 658. The van der Waals surface area contributed by atoms with Gasteiger partial charge in [-0.2, -0.15) is 37.7 Å². The zero-order valence-electron chi connectivity index (χ0n) is 11.3. The second-order valence-corrected chi connectivity index (χ2v) is 5.43. The largest absolute Gasteiger partial charge is 0.416 e. The van der Waals surface area contributed by atoms with E-state index in [0.29, 0.717) is 17.7 Å². The lowest BCUT2D eigenvalue weighted by Gasteiger charge is -2.14. The van der Waals surface area contributed by atoms with E-state index in [-0.39, 0.29) is 12.5 Å². The molecule has 9 heteroatoms. The van der Waals surface area contributed by atoms with Crippen LogP contribution < -0.4 is 5.32 Å². The lowest BCUT2D eigenvalue weighted by molar-refractivity contribution is -0.143. The van der Waals surface area contributed by atoms with Gasteiger partial charge in [-0.1, -0.05) is 0 Å². The molecule has 0 radical (unpaired) electrons. The van der Waals surface area contributed by atoms with Gasteiger partial charge in [0.15, 0.2) is 0 Å². The van der Waals surface area contributed by atoms with Gasteiger partial charge in [-0.3, -0.25) is 4.79 Å². The molecule has 0 atom stereocenters. The minimum absolute atomic E-state index is 0.00846. The van der Waals surface area contributed by atoms with Crippen LogP contribution in [0.3, 0.4) is 0 Å². The molecule has 1 aromatic carbocycles. The zero-order valence-corrected chi connectivity index (χ0v) is 12.1. The monoisotopic (exact) mass is 353 g/mol. The summed E-state index contributed by atoms with van der Waals surface area (Å²) in [6.07, 6.45) is -10.0. The summed E-state index contributed by atoms with van der Waals surface area (Å²) in [5.74, 6) is -0.698. The van der Waals surface area contributed by atoms with Crippen LogP contribution in [-0.4, -0.2) is 5.91 Å². The van der Waals surface area contributed by atoms with E-state index >= 15 is 0 Å². The number of hydrogen-bond donors (Lipinski definition) is 1. The standard InChI is InChI=1S/C14H9F6NOS/c15-13(16,17)9-4-10(14(18,19)20)6-11(5-9)21-12(22)3-8-1-2-23-7-8/h1-2,4-7H,3H2,(H,21,22). The van der Waals surface area contributed by atoms with Crippen molar-refractivity contribution in [2.75, 3.05) is 5.32 Å². The highest BCUT2D eigenvalue weighted by atomic mass is 32.1. The molecule has 0 aliphatic rings. The highest BCUT2D eigenvalue weighted by Gasteiger charge is 2.37. The molecule has 0 spiro atoms. The van der Waals surface area contributed by atoms with Crippen LogP contribution in [0.25, 0.3) is 0 Å². The average molecular weight is 353 g/mol. The molecule has 1 amide bonds. The molecule has 0 fully saturated rings. The smallest absolute Gasteiger partial charge is 0.326 e. The summed E-state index contributed by atoms with van der Waals surface area (Å²) in [5, 5.41) is 5.43. The molecule has 2 nitrogen and oxygen atoms in total. The number of hydrogen-bond acceptors (Lipinski definition) is 2. The number of alkyl halides is 6. The highest BCUT2D eigenvalue weighted by Crippen LogP contribution is 2.37. The molecule has 0 saturated carbocycles. The third kappa shape index (κ3) is 4.72. The topological polar surface area (TPSA) is 29.1 Å². The third-order valence-electron chi connectivity index (χ3n) is 2.82. The summed E-state index contributed by atoms with van der Waals surface area (Å²) in [6.45, 7) is 0. The summed E-state index contributed by atoms with van der Waals surface area (Å²) >= 11 is 1.32. The first-order valence-electron chi connectivity index (χ1n) is 6.16. The van der Waals surface area contributed by atoms with Crippen molar-refractivity contribution in [1.82, 2.24) is 0 Å². The highest BCUT2D eigenvalue weighted by molar-refractivity contribution is 7.08. The fourth-order valence-electron chi connectivity index (χ4n) is 1.81. The SMILES string of the molecule is O=C(Cc1ccsc1)Nc1cc(C(F)(F)F)cc(C(F)(F)F)c1. The molecule has 1 aromatic heterocycles. The Morgan fingerprint density at radius 2 is 1.57 bits per heavy atom. The van der Waals surface area contributed by atoms with Gasteiger partial charge in [0.25, 0.3) is 0 Å². The van der Waals surface area contributed by atoms with E-state index in [4.69, 9.17) is 0 Å². The van der Waals surface area contributed by atoms with Gasteiger partial charge in [-0.15, -0.1) is 0 Å². The fraction of sp³-hybridized carbons (Fsp3) is 0.214. The fourth-order valence-corrected chi connectivity index (χ4v) is 2.48. The van der Waals surface area contributed by atoms with Crippen molar-refractivity contribution >= 4 is 22.9 Å². The first-order chi connectivity index (χ1) is 10.6. The number of amides is 1. The van der Waals surface area contributed by atoms with Gasteiger partial charge in [0, 0.05) is 5.69 Å². The number of carbonyl (C=O) groups is 1. The van der Waals surface area contributed by atoms with Crippen molar-refractivity contribution in [2.24, 2.45) is 0 Å². The van der Waals surface area contributed by atoms with Crippen molar-refractivity contribution < 1.29 is 31.1 Å². The second kappa shape index (κ2) is 6.23. The van der Waals surface area contributed by atoms with E-state index in [2.05, 4.69) is 5.32 Å². The number of rotatable bonds is 3. The Morgan fingerprint density at radius 1 is 1.00 bits per heavy atom. The van der Waals surface area contributed by atoms with E-state index in [0.717, 1.165) is 0 Å². The number of anilines is 1. The minimum Gasteiger partial charge on any atom is -0.326 e. The zero-order chi connectivity index (χ0) is 17.3. The summed E-state index contributed by atoms with van der Waals surface area (Å²) in [6, 6.07) is 2.59. The number of halogens is 6. The van der Waals surface area contributed by atoms with Crippen LogP contribution in [0.1, 0.15) is 16.7 Å². The summed E-state index contributed by atoms with van der Waals surface area (Å²) in [7, 11) is 0. The Labute approximate surface area is 130 Å². The Kier molecular flexibility index (Phi) is 4.69. The van der Waals surface area contributed by atoms with Crippen LogP contribution >= 0.6 is 11.3 Å². The number of thiophene rings is 1.